The van der Waals surface area contributed by atoms with E-state index in [1.165, 1.54) is 11.3 Å². The Balaban J connectivity index is 1.61. The van der Waals surface area contributed by atoms with Crippen molar-refractivity contribution in [3.05, 3.63) is 92.3 Å². The number of aromatic nitrogens is 1. The number of aliphatic hydroxyl groups is 1. The molecule has 1 aliphatic heterocycles. The fourth-order valence-electron chi connectivity index (χ4n) is 5.35. The summed E-state index contributed by atoms with van der Waals surface area (Å²) in [6.45, 7) is 8.30. The number of hydrogen-bond acceptors (Lipinski definition) is 5. The summed E-state index contributed by atoms with van der Waals surface area (Å²) in [6.07, 6.45) is 2.54. The summed E-state index contributed by atoms with van der Waals surface area (Å²) in [6, 6.07) is 13.1. The number of methoxy groups -OCH3 is 1. The molecule has 0 aliphatic carbocycles. The first kappa shape index (κ1) is 25.8. The number of thiophene rings is 1. The zero-order valence-electron chi connectivity index (χ0n) is 22.3. The molecular weight excluding hydrogens is 496 g/mol. The van der Waals surface area contributed by atoms with Crippen LogP contribution in [0.15, 0.2) is 59.6 Å². The van der Waals surface area contributed by atoms with Crippen LogP contribution in [0.2, 0.25) is 0 Å². The van der Waals surface area contributed by atoms with Gasteiger partial charge in [-0.1, -0.05) is 32.0 Å². The largest absolute Gasteiger partial charge is 0.507 e. The number of benzene rings is 2. The molecule has 196 valence electrons. The van der Waals surface area contributed by atoms with Crippen LogP contribution >= 0.6 is 11.3 Å². The number of fused-ring (bicyclic) bond motifs is 1. The lowest BCUT2D eigenvalue weighted by atomic mass is 9.92. The number of H-pyrrole nitrogens is 1. The van der Waals surface area contributed by atoms with Gasteiger partial charge in [-0.3, -0.25) is 9.59 Å². The summed E-state index contributed by atoms with van der Waals surface area (Å²) in [7, 11) is 1.62. The van der Waals surface area contributed by atoms with E-state index >= 15 is 0 Å². The number of likely N-dealkylation sites (tertiary alicyclic amines) is 1. The van der Waals surface area contributed by atoms with Gasteiger partial charge in [0.25, 0.3) is 11.7 Å². The van der Waals surface area contributed by atoms with E-state index in [1.807, 2.05) is 61.8 Å². The lowest BCUT2D eigenvalue weighted by Crippen LogP contribution is -2.31. The van der Waals surface area contributed by atoms with Gasteiger partial charge in [-0.15, -0.1) is 11.3 Å². The van der Waals surface area contributed by atoms with Crippen LogP contribution in [0.4, 0.5) is 0 Å². The number of aryl methyl sites for hydroxylation is 2. The van der Waals surface area contributed by atoms with Crippen molar-refractivity contribution in [1.29, 1.82) is 0 Å². The van der Waals surface area contributed by atoms with Gasteiger partial charge in [-0.25, -0.2) is 0 Å². The molecule has 6 nitrogen and oxygen atoms in total. The molecule has 7 heteroatoms. The second-order valence-electron chi connectivity index (χ2n) is 10.1. The Morgan fingerprint density at radius 2 is 1.89 bits per heavy atom. The number of aliphatic hydroxyl groups excluding tert-OH is 1. The van der Waals surface area contributed by atoms with Gasteiger partial charge in [-0.05, 0) is 78.1 Å². The van der Waals surface area contributed by atoms with Crippen LogP contribution in [0.3, 0.4) is 0 Å². The third-order valence-electron chi connectivity index (χ3n) is 7.44. The van der Waals surface area contributed by atoms with Gasteiger partial charge in [0.15, 0.2) is 0 Å². The maximum absolute atomic E-state index is 13.5. The van der Waals surface area contributed by atoms with Crippen molar-refractivity contribution in [2.45, 2.75) is 46.1 Å². The van der Waals surface area contributed by atoms with E-state index in [0.29, 0.717) is 18.5 Å². The van der Waals surface area contributed by atoms with Crippen molar-refractivity contribution in [3.8, 4) is 5.75 Å². The van der Waals surface area contributed by atoms with Crippen molar-refractivity contribution < 1.29 is 19.4 Å². The summed E-state index contributed by atoms with van der Waals surface area (Å²) < 4.78 is 5.57. The zero-order valence-corrected chi connectivity index (χ0v) is 23.1. The predicted molar refractivity (Wildman–Crippen MR) is 152 cm³/mol. The minimum Gasteiger partial charge on any atom is -0.507 e. The second kappa shape index (κ2) is 10.1. The molecular formula is C31H32N2O4S. The minimum atomic E-state index is -0.652. The van der Waals surface area contributed by atoms with Crippen LogP contribution in [0.1, 0.15) is 58.5 Å². The Morgan fingerprint density at radius 1 is 1.13 bits per heavy atom. The molecule has 2 aromatic carbocycles. The number of nitrogens with one attached hydrogen (secondary N) is 1. The molecule has 0 bridgehead atoms. The standard InChI is InChI=1S/C31H32N2O4S/c1-17(2)22-15-23(19(4)14-25(22)37-5)28(34)26-27(30-18(3)11-13-38-30)33(31(36)29(26)35)12-10-20-16-32-24-9-7-6-8-21(20)24/h6-9,11,13-17,27,32,34H,10,12H2,1-5H3/b28-26+. The minimum absolute atomic E-state index is 0.141. The smallest absolute Gasteiger partial charge is 0.295 e. The maximum atomic E-state index is 13.5. The van der Waals surface area contributed by atoms with E-state index in [2.05, 4.69) is 24.9 Å². The third-order valence-corrected chi connectivity index (χ3v) is 8.51. The normalized spacial score (nSPS) is 17.2. The quantitative estimate of drug-likeness (QED) is 0.160. The summed E-state index contributed by atoms with van der Waals surface area (Å²) in [5, 5.41) is 14.7. The molecule has 5 rings (SSSR count). The fourth-order valence-corrected chi connectivity index (χ4v) is 6.40. The van der Waals surface area contributed by atoms with Gasteiger partial charge in [0.05, 0.1) is 18.7 Å². The molecule has 2 aromatic heterocycles. The molecule has 1 saturated heterocycles. The topological polar surface area (TPSA) is 82.6 Å². The van der Waals surface area contributed by atoms with E-state index in [0.717, 1.165) is 43.8 Å². The SMILES string of the molecule is COc1cc(C)c(/C(O)=C2\C(=O)C(=O)N(CCc3c[nH]c4ccccc34)C2c2sccc2C)cc1C(C)C. The average Bonchev–Trinajstić information content (AvgIpc) is 3.58. The fraction of sp³-hybridized carbons (Fsp3) is 0.290. The molecule has 1 amide bonds. The van der Waals surface area contributed by atoms with Crippen molar-refractivity contribution in [2.75, 3.05) is 13.7 Å². The number of para-hydroxylation sites is 1. The number of amides is 1. The molecule has 3 heterocycles. The zero-order chi connectivity index (χ0) is 27.1. The highest BCUT2D eigenvalue weighted by Crippen LogP contribution is 2.44. The van der Waals surface area contributed by atoms with E-state index in [1.54, 1.807) is 12.0 Å². The Kier molecular flexibility index (Phi) is 6.88. The molecule has 1 fully saturated rings. The van der Waals surface area contributed by atoms with Crippen LogP contribution in [0.25, 0.3) is 16.7 Å². The van der Waals surface area contributed by atoms with E-state index in [4.69, 9.17) is 4.74 Å². The number of carbonyl (C=O) groups excluding carboxylic acids is 2. The molecule has 38 heavy (non-hydrogen) atoms. The van der Waals surface area contributed by atoms with Crippen LogP contribution in [-0.2, 0) is 16.0 Å². The molecule has 2 N–H and O–H groups in total. The Morgan fingerprint density at radius 3 is 2.58 bits per heavy atom. The molecule has 1 atom stereocenters. The third kappa shape index (κ3) is 4.31. The molecule has 0 radical (unpaired) electrons. The number of carbonyl (C=O) groups is 2. The molecule has 1 unspecified atom stereocenters. The predicted octanol–water partition coefficient (Wildman–Crippen LogP) is 6.64. The first-order chi connectivity index (χ1) is 18.2. The van der Waals surface area contributed by atoms with Crippen molar-refractivity contribution in [3.63, 3.8) is 0 Å². The summed E-state index contributed by atoms with van der Waals surface area (Å²) in [4.78, 5) is 32.8. The average molecular weight is 529 g/mol. The lowest BCUT2D eigenvalue weighted by molar-refractivity contribution is -0.139. The summed E-state index contributed by atoms with van der Waals surface area (Å²) >= 11 is 1.50. The highest BCUT2D eigenvalue weighted by atomic mass is 32.1. The Bertz CT molecular complexity index is 1580. The number of Topliss-reactive ketones (excluding diaryl/α,β-unsaturated/α-hetero) is 1. The molecule has 1 aliphatic rings. The van der Waals surface area contributed by atoms with Crippen molar-refractivity contribution >= 4 is 39.7 Å². The van der Waals surface area contributed by atoms with Crippen LogP contribution in [-0.4, -0.2) is 40.3 Å². The number of rotatable bonds is 7. The van der Waals surface area contributed by atoms with E-state index in [9.17, 15) is 14.7 Å². The van der Waals surface area contributed by atoms with Gasteiger partial charge in [0.1, 0.15) is 11.5 Å². The molecule has 4 aromatic rings. The lowest BCUT2D eigenvalue weighted by Gasteiger charge is -2.25. The maximum Gasteiger partial charge on any atom is 0.295 e. The van der Waals surface area contributed by atoms with E-state index < -0.39 is 17.7 Å². The monoisotopic (exact) mass is 528 g/mol. The Labute approximate surface area is 226 Å². The number of ether oxygens (including phenoxy) is 1. The van der Waals surface area contributed by atoms with Gasteiger partial charge in [0.2, 0.25) is 0 Å². The second-order valence-corrected chi connectivity index (χ2v) is 11.1. The first-order valence-corrected chi connectivity index (χ1v) is 13.7. The van der Waals surface area contributed by atoms with E-state index in [-0.39, 0.29) is 17.3 Å². The van der Waals surface area contributed by atoms with Gasteiger partial charge in [0, 0.05) is 34.1 Å². The number of aromatic amines is 1. The summed E-state index contributed by atoms with van der Waals surface area (Å²) in [5.74, 6) is -0.498. The van der Waals surface area contributed by atoms with Gasteiger partial charge >= 0.3 is 0 Å². The highest BCUT2D eigenvalue weighted by Gasteiger charge is 2.47. The number of ketones is 1. The first-order valence-electron chi connectivity index (χ1n) is 12.8. The summed E-state index contributed by atoms with van der Waals surface area (Å²) in [5.41, 5.74) is 5.49. The van der Waals surface area contributed by atoms with Crippen molar-refractivity contribution in [1.82, 2.24) is 9.88 Å². The van der Waals surface area contributed by atoms with Crippen LogP contribution < -0.4 is 4.74 Å². The molecule has 0 saturated carbocycles. The number of hydrogen-bond donors (Lipinski definition) is 2. The number of nitrogens with zero attached hydrogens (tertiary/aromatic N) is 1. The van der Waals surface area contributed by atoms with Gasteiger partial charge in [-0.2, -0.15) is 0 Å². The highest BCUT2D eigenvalue weighted by molar-refractivity contribution is 7.10. The van der Waals surface area contributed by atoms with Crippen molar-refractivity contribution in [2.24, 2.45) is 0 Å². The van der Waals surface area contributed by atoms with Crippen LogP contribution in [0.5, 0.6) is 5.75 Å². The van der Waals surface area contributed by atoms with Gasteiger partial charge < -0.3 is 19.7 Å². The van der Waals surface area contributed by atoms with Crippen LogP contribution in [0, 0.1) is 13.8 Å². The Hall–Kier alpha value is -3.84. The molecule has 0 spiro atoms.